The fourth-order valence-electron chi connectivity index (χ4n) is 2.64. The Labute approximate surface area is 144 Å². The lowest BCUT2D eigenvalue weighted by Crippen LogP contribution is -2.18. The topological polar surface area (TPSA) is 23.5 Å². The van der Waals surface area contributed by atoms with Crippen LogP contribution in [0.25, 0.3) is 0 Å². The van der Waals surface area contributed by atoms with Crippen molar-refractivity contribution in [2.24, 2.45) is 0 Å². The normalized spacial score (nSPS) is 17.0. The highest BCUT2D eigenvalue weighted by Gasteiger charge is 2.27. The van der Waals surface area contributed by atoms with Gasteiger partial charge in [-0.15, -0.1) is 0 Å². The Kier molecular flexibility index (Phi) is 4.96. The number of thiol groups is 1. The van der Waals surface area contributed by atoms with Gasteiger partial charge in [-0.1, -0.05) is 72.6 Å². The second-order valence-electron chi connectivity index (χ2n) is 8.01. The zero-order valence-corrected chi connectivity index (χ0v) is 16.1. The summed E-state index contributed by atoms with van der Waals surface area (Å²) in [5, 5.41) is 10.7. The monoisotopic (exact) mass is 337 g/mol. The van der Waals surface area contributed by atoms with Crippen molar-refractivity contribution >= 4 is 24.8 Å². The molecule has 0 radical (unpaired) electrons. The molecule has 1 heterocycles. The van der Waals surface area contributed by atoms with E-state index >= 15 is 0 Å². The van der Waals surface area contributed by atoms with Crippen molar-refractivity contribution in [1.29, 1.82) is 0 Å². The smallest absolute Gasteiger partial charge is 0.123 e. The lowest BCUT2D eigenvalue weighted by molar-refractivity contribution is 0.423. The van der Waals surface area contributed by atoms with Crippen molar-refractivity contribution in [3.05, 3.63) is 39.8 Å². The van der Waals surface area contributed by atoms with Gasteiger partial charge in [0.2, 0.25) is 0 Å². The Hall–Kier alpha value is -0.580. The molecule has 1 aromatic rings. The molecule has 0 atom stereocenters. The van der Waals surface area contributed by atoms with Crippen molar-refractivity contribution in [3.63, 3.8) is 0 Å². The fourth-order valence-corrected chi connectivity index (χ4v) is 3.83. The molecule has 0 saturated carbocycles. The minimum atomic E-state index is -0.0765. The zero-order chi connectivity index (χ0) is 16.7. The molecule has 2 rings (SSSR count). The van der Waals surface area contributed by atoms with Gasteiger partial charge in [0.1, 0.15) is 5.75 Å². The van der Waals surface area contributed by atoms with E-state index in [1.165, 1.54) is 10.5 Å². The maximum atomic E-state index is 10.7. The Morgan fingerprint density at radius 3 is 1.95 bits per heavy atom. The van der Waals surface area contributed by atoms with Crippen LogP contribution in [0.3, 0.4) is 0 Å². The number of rotatable bonds is 2. The van der Waals surface area contributed by atoms with Crippen molar-refractivity contribution < 1.29 is 5.11 Å². The molecule has 0 saturated heterocycles. The van der Waals surface area contributed by atoms with E-state index in [1.807, 2.05) is 3.71 Å². The largest absolute Gasteiger partial charge is 0.507 e. The first kappa shape index (κ1) is 17.8. The standard InChI is InChI=1S/C18H27NOS2/c1-17(2,3)14-10-12(9-13-7-8-19(21)22-13)11-15(16(14)20)18(4,5)6/h7,10-11,20-21H,8-9H2,1-6H3. The third-order valence-electron chi connectivity index (χ3n) is 3.86. The average Bonchev–Trinajstić information content (AvgIpc) is 2.74. The molecule has 0 amide bonds. The molecule has 0 aliphatic carbocycles. The van der Waals surface area contributed by atoms with E-state index in [4.69, 9.17) is 0 Å². The highest BCUT2D eigenvalue weighted by atomic mass is 32.2. The quantitative estimate of drug-likeness (QED) is 0.571. The average molecular weight is 338 g/mol. The Balaban J connectivity index is 2.46. The summed E-state index contributed by atoms with van der Waals surface area (Å²) in [4.78, 5) is 1.32. The summed E-state index contributed by atoms with van der Waals surface area (Å²) in [6, 6.07) is 4.32. The van der Waals surface area contributed by atoms with Crippen LogP contribution in [-0.2, 0) is 17.3 Å². The van der Waals surface area contributed by atoms with E-state index in [0.29, 0.717) is 5.75 Å². The molecule has 0 unspecified atom stereocenters. The molecule has 1 aromatic carbocycles. The van der Waals surface area contributed by atoms with Crippen molar-refractivity contribution in [2.75, 3.05) is 6.54 Å². The van der Waals surface area contributed by atoms with Gasteiger partial charge in [-0.2, -0.15) is 3.71 Å². The van der Waals surface area contributed by atoms with Gasteiger partial charge in [0.05, 0.1) is 0 Å². The van der Waals surface area contributed by atoms with Gasteiger partial charge in [0.25, 0.3) is 0 Å². The van der Waals surface area contributed by atoms with Crippen LogP contribution in [0.15, 0.2) is 23.1 Å². The molecule has 0 aromatic heterocycles. The molecule has 0 bridgehead atoms. The van der Waals surface area contributed by atoms with E-state index in [9.17, 15) is 5.11 Å². The third-order valence-corrected chi connectivity index (χ3v) is 5.18. The summed E-state index contributed by atoms with van der Waals surface area (Å²) in [5.41, 5.74) is 3.16. The summed E-state index contributed by atoms with van der Waals surface area (Å²) < 4.78 is 1.94. The first-order valence-corrected chi connectivity index (χ1v) is 8.86. The molecule has 1 aliphatic rings. The number of hydrogen-bond acceptors (Lipinski definition) is 4. The summed E-state index contributed by atoms with van der Waals surface area (Å²) in [5.74, 6) is 0.452. The SMILES string of the molecule is CC(C)(C)c1cc(CC2=CCN(S)S2)cc(C(C)(C)C)c1O. The maximum Gasteiger partial charge on any atom is 0.123 e. The van der Waals surface area contributed by atoms with Gasteiger partial charge >= 0.3 is 0 Å². The first-order chi connectivity index (χ1) is 9.98. The van der Waals surface area contributed by atoms with Crippen LogP contribution in [0.4, 0.5) is 0 Å². The van der Waals surface area contributed by atoms with Gasteiger partial charge in [-0.3, -0.25) is 0 Å². The van der Waals surface area contributed by atoms with E-state index < -0.39 is 0 Å². The lowest BCUT2D eigenvalue weighted by Gasteiger charge is -2.28. The maximum absolute atomic E-state index is 10.7. The molecule has 22 heavy (non-hydrogen) atoms. The second-order valence-corrected chi connectivity index (χ2v) is 9.91. The molecule has 122 valence electrons. The van der Waals surface area contributed by atoms with Crippen molar-refractivity contribution in [3.8, 4) is 5.75 Å². The van der Waals surface area contributed by atoms with Crippen LogP contribution in [-0.4, -0.2) is 15.4 Å². The second kappa shape index (κ2) is 6.14. The summed E-state index contributed by atoms with van der Waals surface area (Å²) in [6.45, 7) is 13.8. The molecule has 0 fully saturated rings. The number of phenols is 1. The van der Waals surface area contributed by atoms with Crippen LogP contribution in [0.1, 0.15) is 58.2 Å². The Morgan fingerprint density at radius 2 is 1.59 bits per heavy atom. The van der Waals surface area contributed by atoms with E-state index in [0.717, 1.165) is 24.1 Å². The number of phenolic OH excluding ortho intramolecular Hbond substituents is 1. The fraction of sp³-hybridized carbons (Fsp3) is 0.556. The van der Waals surface area contributed by atoms with E-state index in [2.05, 4.69) is 72.6 Å². The summed E-state index contributed by atoms with van der Waals surface area (Å²) >= 11 is 6.06. The van der Waals surface area contributed by atoms with Gasteiger partial charge < -0.3 is 5.11 Å². The minimum Gasteiger partial charge on any atom is -0.507 e. The van der Waals surface area contributed by atoms with Crippen molar-refractivity contribution in [1.82, 2.24) is 3.71 Å². The minimum absolute atomic E-state index is 0.0765. The van der Waals surface area contributed by atoms with E-state index in [1.54, 1.807) is 11.9 Å². The molecular formula is C18H27NOS2. The highest BCUT2D eigenvalue weighted by molar-refractivity contribution is 8.08. The van der Waals surface area contributed by atoms with Crippen LogP contribution >= 0.6 is 24.8 Å². The number of nitrogens with zero attached hydrogens (tertiary/aromatic N) is 1. The lowest BCUT2D eigenvalue weighted by atomic mass is 9.78. The molecule has 1 aliphatic heterocycles. The molecule has 4 heteroatoms. The van der Waals surface area contributed by atoms with Crippen LogP contribution in [0, 0.1) is 0 Å². The van der Waals surface area contributed by atoms with E-state index in [-0.39, 0.29) is 10.8 Å². The zero-order valence-electron chi connectivity index (χ0n) is 14.4. The van der Waals surface area contributed by atoms with Crippen LogP contribution < -0.4 is 0 Å². The van der Waals surface area contributed by atoms with Crippen LogP contribution in [0.2, 0.25) is 0 Å². The molecule has 0 spiro atoms. The van der Waals surface area contributed by atoms with Crippen LogP contribution in [0.5, 0.6) is 5.75 Å². The molecular weight excluding hydrogens is 310 g/mol. The highest BCUT2D eigenvalue weighted by Crippen LogP contribution is 2.41. The first-order valence-electron chi connectivity index (χ1n) is 7.69. The summed E-state index contributed by atoms with van der Waals surface area (Å²) in [7, 11) is 0. The van der Waals surface area contributed by atoms with Gasteiger partial charge in [0.15, 0.2) is 0 Å². The Morgan fingerprint density at radius 1 is 1.09 bits per heavy atom. The molecule has 1 N–H and O–H groups in total. The number of benzene rings is 1. The predicted octanol–water partition coefficient (Wildman–Crippen LogP) is 5.22. The van der Waals surface area contributed by atoms with Gasteiger partial charge in [-0.05, 0) is 39.5 Å². The number of hydrogen-bond donors (Lipinski definition) is 2. The van der Waals surface area contributed by atoms with Gasteiger partial charge in [-0.25, -0.2) is 0 Å². The number of aromatic hydroxyl groups is 1. The van der Waals surface area contributed by atoms with Crippen molar-refractivity contribution in [2.45, 2.75) is 58.8 Å². The Bertz CT molecular complexity index is 559. The number of allylic oxidation sites excluding steroid dienone is 1. The van der Waals surface area contributed by atoms with Gasteiger partial charge in [0, 0.05) is 17.9 Å². The molecule has 2 nitrogen and oxygen atoms in total. The predicted molar refractivity (Wildman–Crippen MR) is 101 cm³/mol. The summed E-state index contributed by atoms with van der Waals surface area (Å²) in [6.07, 6.45) is 3.12. The third kappa shape index (κ3) is 4.03.